The maximum atomic E-state index is 12.1. The number of rotatable bonds is 4. The van der Waals surface area contributed by atoms with Crippen molar-refractivity contribution in [2.75, 3.05) is 36.5 Å². The molecule has 2 aromatic rings. The van der Waals surface area contributed by atoms with Crippen LogP contribution in [0.1, 0.15) is 11.7 Å². The van der Waals surface area contributed by atoms with Crippen LogP contribution in [0, 0.1) is 0 Å². The number of ether oxygens (including phenoxy) is 1. The van der Waals surface area contributed by atoms with Crippen LogP contribution >= 0.6 is 0 Å². The van der Waals surface area contributed by atoms with Gasteiger partial charge in [0.1, 0.15) is 0 Å². The maximum Gasteiger partial charge on any atom is 0.257 e. The highest BCUT2D eigenvalue weighted by atomic mass is 16.5. The normalized spacial score (nSPS) is 16.0. The average molecular weight is 312 g/mol. The van der Waals surface area contributed by atoms with Crippen LogP contribution in [0.4, 0.5) is 11.4 Å². The van der Waals surface area contributed by atoms with Gasteiger partial charge in [0, 0.05) is 24.5 Å². The predicted octanol–water partition coefficient (Wildman–Crippen LogP) is 2.20. The first kappa shape index (κ1) is 15.5. The fourth-order valence-corrected chi connectivity index (χ4v) is 2.57. The first-order valence-corrected chi connectivity index (χ1v) is 7.71. The van der Waals surface area contributed by atoms with Gasteiger partial charge >= 0.3 is 0 Å². The second-order valence-electron chi connectivity index (χ2n) is 5.45. The number of nitrogens with zero attached hydrogens (tertiary/aromatic N) is 1. The number of hydrogen-bond donors (Lipinski definition) is 2. The van der Waals surface area contributed by atoms with Gasteiger partial charge in [0.25, 0.3) is 5.91 Å². The van der Waals surface area contributed by atoms with Crippen molar-refractivity contribution in [2.45, 2.75) is 6.10 Å². The minimum absolute atomic E-state index is 0.435. The van der Waals surface area contributed by atoms with Crippen LogP contribution in [0.2, 0.25) is 0 Å². The summed E-state index contributed by atoms with van der Waals surface area (Å²) in [7, 11) is 0. The lowest BCUT2D eigenvalue weighted by Crippen LogP contribution is -2.36. The lowest BCUT2D eigenvalue weighted by Gasteiger charge is -2.28. The summed E-state index contributed by atoms with van der Waals surface area (Å²) in [6, 6.07) is 16.5. The number of nitrogens with one attached hydrogen (secondary N) is 1. The third-order valence-electron chi connectivity index (χ3n) is 3.87. The Morgan fingerprint density at radius 1 is 1.04 bits per heavy atom. The summed E-state index contributed by atoms with van der Waals surface area (Å²) in [5, 5.41) is 12.8. The van der Waals surface area contributed by atoms with Gasteiger partial charge in [-0.2, -0.15) is 0 Å². The Kier molecular flexibility index (Phi) is 4.90. The zero-order chi connectivity index (χ0) is 16.1. The molecule has 120 valence electrons. The molecule has 1 fully saturated rings. The van der Waals surface area contributed by atoms with Gasteiger partial charge in [0.05, 0.1) is 13.2 Å². The Bertz CT molecular complexity index is 637. The number of aliphatic hydroxyl groups excluding tert-OH is 1. The number of carbonyl (C=O) groups is 1. The lowest BCUT2D eigenvalue weighted by atomic mass is 10.1. The Hall–Kier alpha value is -2.37. The van der Waals surface area contributed by atoms with Crippen molar-refractivity contribution in [1.29, 1.82) is 0 Å². The molecule has 2 aromatic carbocycles. The van der Waals surface area contributed by atoms with Crippen molar-refractivity contribution in [1.82, 2.24) is 0 Å². The highest BCUT2D eigenvalue weighted by Gasteiger charge is 2.17. The predicted molar refractivity (Wildman–Crippen MR) is 89.5 cm³/mol. The molecule has 0 spiro atoms. The molecular formula is C18H20N2O3. The van der Waals surface area contributed by atoms with Crippen molar-refractivity contribution >= 4 is 17.3 Å². The van der Waals surface area contributed by atoms with E-state index in [-0.39, 0.29) is 0 Å². The van der Waals surface area contributed by atoms with E-state index >= 15 is 0 Å². The van der Waals surface area contributed by atoms with Gasteiger partial charge in [0.2, 0.25) is 0 Å². The van der Waals surface area contributed by atoms with Gasteiger partial charge in [0.15, 0.2) is 6.10 Å². The van der Waals surface area contributed by atoms with Crippen molar-refractivity contribution < 1.29 is 14.6 Å². The van der Waals surface area contributed by atoms with Gasteiger partial charge in [-0.25, -0.2) is 0 Å². The smallest absolute Gasteiger partial charge is 0.257 e. The van der Waals surface area contributed by atoms with Crippen LogP contribution in [0.25, 0.3) is 0 Å². The largest absolute Gasteiger partial charge is 0.378 e. The zero-order valence-corrected chi connectivity index (χ0v) is 12.8. The van der Waals surface area contributed by atoms with E-state index in [1.54, 1.807) is 24.3 Å². The number of amides is 1. The van der Waals surface area contributed by atoms with Crippen LogP contribution < -0.4 is 10.2 Å². The van der Waals surface area contributed by atoms with Crippen molar-refractivity contribution in [3.05, 3.63) is 60.2 Å². The summed E-state index contributed by atoms with van der Waals surface area (Å²) in [6.07, 6.45) is -1.17. The van der Waals surface area contributed by atoms with Crippen LogP contribution in [0.15, 0.2) is 54.6 Å². The number of hydrogen-bond acceptors (Lipinski definition) is 4. The molecule has 5 heteroatoms. The van der Waals surface area contributed by atoms with E-state index < -0.39 is 12.0 Å². The van der Waals surface area contributed by atoms with Gasteiger partial charge in [-0.1, -0.05) is 30.3 Å². The standard InChI is InChI=1S/C18H20N2O3/c21-17(14-4-2-1-3-5-14)18(22)19-15-6-8-16(9-7-15)20-10-12-23-13-11-20/h1-9,17,21H,10-13H2,(H,19,22). The summed E-state index contributed by atoms with van der Waals surface area (Å²) in [5.74, 6) is -0.435. The summed E-state index contributed by atoms with van der Waals surface area (Å²) in [6.45, 7) is 3.22. The quantitative estimate of drug-likeness (QED) is 0.908. The molecule has 1 unspecified atom stereocenters. The Balaban J connectivity index is 1.62. The molecule has 0 aromatic heterocycles. The van der Waals surface area contributed by atoms with Crippen LogP contribution in [-0.4, -0.2) is 37.3 Å². The summed E-state index contributed by atoms with van der Waals surface area (Å²) in [4.78, 5) is 14.4. The van der Waals surface area contributed by atoms with E-state index in [1.807, 2.05) is 30.3 Å². The Morgan fingerprint density at radius 3 is 2.35 bits per heavy atom. The molecule has 0 radical (unpaired) electrons. The fourth-order valence-electron chi connectivity index (χ4n) is 2.57. The molecule has 5 nitrogen and oxygen atoms in total. The minimum Gasteiger partial charge on any atom is -0.378 e. The molecule has 0 bridgehead atoms. The van der Waals surface area contributed by atoms with Crippen LogP contribution in [-0.2, 0) is 9.53 Å². The highest BCUT2D eigenvalue weighted by molar-refractivity contribution is 5.94. The topological polar surface area (TPSA) is 61.8 Å². The van der Waals surface area contributed by atoms with Gasteiger partial charge in [-0.15, -0.1) is 0 Å². The van der Waals surface area contributed by atoms with E-state index in [0.717, 1.165) is 32.0 Å². The van der Waals surface area contributed by atoms with Gasteiger partial charge < -0.3 is 20.1 Å². The van der Waals surface area contributed by atoms with Crippen LogP contribution in [0.3, 0.4) is 0 Å². The van der Waals surface area contributed by atoms with E-state index in [9.17, 15) is 9.90 Å². The molecule has 23 heavy (non-hydrogen) atoms. The minimum atomic E-state index is -1.17. The number of benzene rings is 2. The van der Waals surface area contributed by atoms with E-state index in [0.29, 0.717) is 11.3 Å². The number of anilines is 2. The van der Waals surface area contributed by atoms with Gasteiger partial charge in [-0.05, 0) is 29.8 Å². The Labute approximate surface area is 135 Å². The summed E-state index contributed by atoms with van der Waals surface area (Å²) in [5.41, 5.74) is 2.35. The highest BCUT2D eigenvalue weighted by Crippen LogP contribution is 2.20. The Morgan fingerprint density at radius 2 is 1.70 bits per heavy atom. The molecule has 1 saturated heterocycles. The fraction of sp³-hybridized carbons (Fsp3) is 0.278. The molecule has 0 aliphatic carbocycles. The molecule has 1 aliphatic rings. The molecule has 0 saturated carbocycles. The first-order valence-electron chi connectivity index (χ1n) is 7.71. The van der Waals surface area contributed by atoms with Crippen molar-refractivity contribution in [2.24, 2.45) is 0 Å². The van der Waals surface area contributed by atoms with E-state index in [1.165, 1.54) is 0 Å². The maximum absolute atomic E-state index is 12.1. The first-order chi connectivity index (χ1) is 11.2. The number of morpholine rings is 1. The SMILES string of the molecule is O=C(Nc1ccc(N2CCOCC2)cc1)C(O)c1ccccc1. The van der Waals surface area contributed by atoms with E-state index in [2.05, 4.69) is 10.2 Å². The summed E-state index contributed by atoms with van der Waals surface area (Å²) < 4.78 is 5.34. The number of carbonyl (C=O) groups excluding carboxylic acids is 1. The second kappa shape index (κ2) is 7.26. The molecular weight excluding hydrogens is 292 g/mol. The molecule has 1 atom stereocenters. The monoisotopic (exact) mass is 312 g/mol. The van der Waals surface area contributed by atoms with Gasteiger partial charge in [-0.3, -0.25) is 4.79 Å². The number of aliphatic hydroxyl groups is 1. The van der Waals surface area contributed by atoms with Crippen LogP contribution in [0.5, 0.6) is 0 Å². The molecule has 1 amide bonds. The van der Waals surface area contributed by atoms with Crippen molar-refractivity contribution in [3.8, 4) is 0 Å². The molecule has 1 heterocycles. The van der Waals surface area contributed by atoms with E-state index in [4.69, 9.17) is 4.74 Å². The summed E-state index contributed by atoms with van der Waals surface area (Å²) >= 11 is 0. The third kappa shape index (κ3) is 3.88. The second-order valence-corrected chi connectivity index (χ2v) is 5.45. The molecule has 1 aliphatic heterocycles. The molecule has 3 rings (SSSR count). The third-order valence-corrected chi connectivity index (χ3v) is 3.87. The zero-order valence-electron chi connectivity index (χ0n) is 12.8. The van der Waals surface area contributed by atoms with Crippen molar-refractivity contribution in [3.63, 3.8) is 0 Å². The average Bonchev–Trinajstić information content (AvgIpc) is 2.63. The molecule has 2 N–H and O–H groups in total. The lowest BCUT2D eigenvalue weighted by molar-refractivity contribution is -0.124.